The van der Waals surface area contributed by atoms with Gasteiger partial charge in [0.05, 0.1) is 6.10 Å². The number of anilines is 1. The van der Waals surface area contributed by atoms with Gasteiger partial charge >= 0.3 is 0 Å². The molecule has 4 heteroatoms. The lowest BCUT2D eigenvalue weighted by atomic mass is 9.98. The SMILES string of the molecule is OC1CCN(Cc2cc(Cl)ccc2F)c2ccccc21. The fourth-order valence-corrected chi connectivity index (χ4v) is 2.84. The van der Waals surface area contributed by atoms with E-state index in [0.29, 0.717) is 30.1 Å². The van der Waals surface area contributed by atoms with Crippen molar-refractivity contribution in [3.05, 3.63) is 64.4 Å². The number of nitrogens with zero attached hydrogens (tertiary/aromatic N) is 1. The molecule has 0 spiro atoms. The highest BCUT2D eigenvalue weighted by Crippen LogP contribution is 2.34. The Labute approximate surface area is 122 Å². The average molecular weight is 292 g/mol. The first kappa shape index (κ1) is 13.4. The van der Waals surface area contributed by atoms with E-state index in [1.165, 1.54) is 6.07 Å². The fraction of sp³-hybridized carbons (Fsp3) is 0.250. The Morgan fingerprint density at radius 3 is 2.90 bits per heavy atom. The van der Waals surface area contributed by atoms with Crippen LogP contribution in [0.2, 0.25) is 5.02 Å². The van der Waals surface area contributed by atoms with E-state index in [0.717, 1.165) is 11.3 Å². The highest BCUT2D eigenvalue weighted by molar-refractivity contribution is 6.30. The van der Waals surface area contributed by atoms with E-state index in [2.05, 4.69) is 4.90 Å². The van der Waals surface area contributed by atoms with Crippen LogP contribution in [0, 0.1) is 5.82 Å². The molecule has 20 heavy (non-hydrogen) atoms. The van der Waals surface area contributed by atoms with Crippen LogP contribution in [0.3, 0.4) is 0 Å². The van der Waals surface area contributed by atoms with Gasteiger partial charge in [0.15, 0.2) is 0 Å². The Morgan fingerprint density at radius 1 is 1.25 bits per heavy atom. The molecule has 2 aromatic carbocycles. The number of fused-ring (bicyclic) bond motifs is 1. The molecule has 0 saturated heterocycles. The largest absolute Gasteiger partial charge is 0.388 e. The number of halogens is 2. The zero-order chi connectivity index (χ0) is 14.1. The van der Waals surface area contributed by atoms with Crippen molar-refractivity contribution in [2.45, 2.75) is 19.1 Å². The predicted molar refractivity (Wildman–Crippen MR) is 78.5 cm³/mol. The summed E-state index contributed by atoms with van der Waals surface area (Å²) in [4.78, 5) is 2.08. The normalized spacial score (nSPS) is 17.9. The average Bonchev–Trinajstić information content (AvgIpc) is 2.46. The molecule has 0 bridgehead atoms. The third kappa shape index (κ3) is 2.51. The molecule has 104 valence electrons. The summed E-state index contributed by atoms with van der Waals surface area (Å²) in [6.07, 6.45) is 0.214. The minimum absolute atomic E-state index is 0.252. The van der Waals surface area contributed by atoms with Crippen LogP contribution < -0.4 is 4.90 Å². The first-order chi connectivity index (χ1) is 9.65. The summed E-state index contributed by atoms with van der Waals surface area (Å²) in [7, 11) is 0. The van der Waals surface area contributed by atoms with Gasteiger partial charge in [-0.3, -0.25) is 0 Å². The van der Waals surface area contributed by atoms with Crippen LogP contribution in [0.25, 0.3) is 0 Å². The molecule has 0 fully saturated rings. The summed E-state index contributed by atoms with van der Waals surface area (Å²) in [6.45, 7) is 1.15. The van der Waals surface area contributed by atoms with Crippen LogP contribution in [-0.4, -0.2) is 11.7 Å². The van der Waals surface area contributed by atoms with E-state index in [4.69, 9.17) is 11.6 Å². The van der Waals surface area contributed by atoms with Crippen LogP contribution in [0.4, 0.5) is 10.1 Å². The van der Waals surface area contributed by atoms with Gasteiger partial charge in [0.1, 0.15) is 5.82 Å². The summed E-state index contributed by atoms with van der Waals surface area (Å²) < 4.78 is 13.8. The minimum Gasteiger partial charge on any atom is -0.388 e. The second-order valence-electron chi connectivity index (χ2n) is 5.02. The second-order valence-corrected chi connectivity index (χ2v) is 5.46. The van der Waals surface area contributed by atoms with Gasteiger partial charge in [-0.05, 0) is 30.7 Å². The van der Waals surface area contributed by atoms with Gasteiger partial charge in [-0.2, -0.15) is 0 Å². The van der Waals surface area contributed by atoms with Crippen molar-refractivity contribution in [1.82, 2.24) is 0 Å². The second kappa shape index (κ2) is 5.43. The Balaban J connectivity index is 1.92. The van der Waals surface area contributed by atoms with Crippen molar-refractivity contribution < 1.29 is 9.50 Å². The lowest BCUT2D eigenvalue weighted by Gasteiger charge is -2.34. The number of rotatable bonds is 2. The molecule has 2 aromatic rings. The Morgan fingerprint density at radius 2 is 2.05 bits per heavy atom. The standard InChI is InChI=1S/C16H15ClFNO/c17-12-5-6-14(18)11(9-12)10-19-8-7-16(20)13-3-1-2-4-15(13)19/h1-6,9,16,20H,7-8,10H2. The van der Waals surface area contributed by atoms with Gasteiger partial charge in [0.25, 0.3) is 0 Å². The summed E-state index contributed by atoms with van der Waals surface area (Å²) >= 11 is 5.93. The van der Waals surface area contributed by atoms with E-state index >= 15 is 0 Å². The van der Waals surface area contributed by atoms with Crippen molar-refractivity contribution in [1.29, 1.82) is 0 Å². The summed E-state index contributed by atoms with van der Waals surface area (Å²) in [6, 6.07) is 12.3. The summed E-state index contributed by atoms with van der Waals surface area (Å²) in [5.74, 6) is -0.252. The molecule has 1 unspecified atom stereocenters. The smallest absolute Gasteiger partial charge is 0.128 e. The number of aliphatic hydroxyl groups is 1. The molecule has 1 heterocycles. The number of para-hydroxylation sites is 1. The van der Waals surface area contributed by atoms with Gasteiger partial charge in [0.2, 0.25) is 0 Å². The van der Waals surface area contributed by atoms with Crippen molar-refractivity contribution in [2.75, 3.05) is 11.4 Å². The summed E-state index contributed by atoms with van der Waals surface area (Å²) in [5, 5.41) is 10.6. The molecule has 3 rings (SSSR count). The zero-order valence-electron chi connectivity index (χ0n) is 10.9. The number of hydrogen-bond donors (Lipinski definition) is 1. The molecular formula is C16H15ClFNO. The Bertz CT molecular complexity index is 632. The lowest BCUT2D eigenvalue weighted by molar-refractivity contribution is 0.164. The minimum atomic E-state index is -0.438. The Kier molecular flexibility index (Phi) is 3.64. The molecule has 0 aromatic heterocycles. The molecule has 0 radical (unpaired) electrons. The van der Waals surface area contributed by atoms with E-state index in [1.54, 1.807) is 12.1 Å². The predicted octanol–water partition coefficient (Wildman–Crippen LogP) is 3.92. The quantitative estimate of drug-likeness (QED) is 0.906. The monoisotopic (exact) mass is 291 g/mol. The number of hydrogen-bond acceptors (Lipinski definition) is 2. The maximum atomic E-state index is 13.8. The molecular weight excluding hydrogens is 277 g/mol. The van der Waals surface area contributed by atoms with Gasteiger partial charge in [0, 0.05) is 34.9 Å². The van der Waals surface area contributed by atoms with E-state index < -0.39 is 6.10 Å². The zero-order valence-corrected chi connectivity index (χ0v) is 11.6. The first-order valence-corrected chi connectivity index (χ1v) is 6.99. The topological polar surface area (TPSA) is 23.5 Å². The molecule has 1 atom stereocenters. The lowest BCUT2D eigenvalue weighted by Crippen LogP contribution is -2.31. The van der Waals surface area contributed by atoms with Crippen molar-refractivity contribution in [3.8, 4) is 0 Å². The van der Waals surface area contributed by atoms with Gasteiger partial charge in [-0.15, -0.1) is 0 Å². The molecule has 1 aliphatic heterocycles. The third-order valence-electron chi connectivity index (χ3n) is 3.68. The maximum Gasteiger partial charge on any atom is 0.128 e. The van der Waals surface area contributed by atoms with Crippen molar-refractivity contribution in [2.24, 2.45) is 0 Å². The van der Waals surface area contributed by atoms with Crippen molar-refractivity contribution in [3.63, 3.8) is 0 Å². The molecule has 1 N–H and O–H groups in total. The van der Waals surface area contributed by atoms with E-state index in [-0.39, 0.29) is 5.82 Å². The highest BCUT2D eigenvalue weighted by atomic mass is 35.5. The van der Waals surface area contributed by atoms with Crippen LogP contribution in [0.1, 0.15) is 23.7 Å². The fourth-order valence-electron chi connectivity index (χ4n) is 2.65. The number of aliphatic hydroxyl groups excluding tert-OH is 1. The highest BCUT2D eigenvalue weighted by Gasteiger charge is 2.23. The summed E-state index contributed by atoms with van der Waals surface area (Å²) in [5.41, 5.74) is 2.44. The molecule has 0 amide bonds. The third-order valence-corrected chi connectivity index (χ3v) is 3.91. The number of benzene rings is 2. The molecule has 1 aliphatic rings. The van der Waals surface area contributed by atoms with Crippen LogP contribution in [-0.2, 0) is 6.54 Å². The van der Waals surface area contributed by atoms with Crippen LogP contribution >= 0.6 is 11.6 Å². The first-order valence-electron chi connectivity index (χ1n) is 6.61. The van der Waals surface area contributed by atoms with E-state index in [1.807, 2.05) is 24.3 Å². The van der Waals surface area contributed by atoms with Gasteiger partial charge in [-0.25, -0.2) is 4.39 Å². The van der Waals surface area contributed by atoms with Crippen LogP contribution in [0.15, 0.2) is 42.5 Å². The van der Waals surface area contributed by atoms with Gasteiger partial charge in [-0.1, -0.05) is 29.8 Å². The Hall–Kier alpha value is -1.58. The maximum absolute atomic E-state index is 13.8. The van der Waals surface area contributed by atoms with Gasteiger partial charge < -0.3 is 10.0 Å². The molecule has 0 aliphatic carbocycles. The van der Waals surface area contributed by atoms with E-state index in [9.17, 15) is 9.50 Å². The molecule has 0 saturated carbocycles. The molecule has 2 nitrogen and oxygen atoms in total. The van der Waals surface area contributed by atoms with Crippen LogP contribution in [0.5, 0.6) is 0 Å². The van der Waals surface area contributed by atoms with Crippen molar-refractivity contribution >= 4 is 17.3 Å².